The van der Waals surface area contributed by atoms with Crippen molar-refractivity contribution >= 4 is 17.9 Å². The molecule has 14 nitrogen and oxygen atoms in total. The first kappa shape index (κ1) is 42.8. The van der Waals surface area contributed by atoms with Gasteiger partial charge in [-0.25, -0.2) is 9.59 Å². The Balaban J connectivity index is 1.60. The molecule has 316 valence electrons. The first-order valence-electron chi connectivity index (χ1n) is 20.4. The van der Waals surface area contributed by atoms with Gasteiger partial charge in [0.05, 0.1) is 25.3 Å². The van der Waals surface area contributed by atoms with E-state index in [-0.39, 0.29) is 57.3 Å². The van der Waals surface area contributed by atoms with Crippen LogP contribution in [0.2, 0.25) is 0 Å². The predicted molar refractivity (Wildman–Crippen MR) is 216 cm³/mol. The molecule has 1 saturated carbocycles. The molecular weight excluding hydrogens is 746 g/mol. The number of rotatable bonds is 17. The van der Waals surface area contributed by atoms with E-state index in [2.05, 4.69) is 18.0 Å². The van der Waals surface area contributed by atoms with E-state index < -0.39 is 35.5 Å². The third-order valence-corrected chi connectivity index (χ3v) is 11.2. The van der Waals surface area contributed by atoms with Gasteiger partial charge in [0, 0.05) is 44.2 Å². The van der Waals surface area contributed by atoms with Crippen molar-refractivity contribution < 1.29 is 53.1 Å². The van der Waals surface area contributed by atoms with Gasteiger partial charge in [0.15, 0.2) is 11.5 Å². The summed E-state index contributed by atoms with van der Waals surface area (Å²) >= 11 is 0. The van der Waals surface area contributed by atoms with Crippen molar-refractivity contribution in [2.24, 2.45) is 22.9 Å². The fraction of sp³-hybridized carbons (Fsp3) is 0.568. The summed E-state index contributed by atoms with van der Waals surface area (Å²) < 4.78 is 36.8. The third-order valence-electron chi connectivity index (χ3n) is 11.2. The molecule has 3 N–H and O–H groups in total. The standard InChI is InChI=1S/C44H59N3O11/c1-7-21-55-44-38(47(42(51)52-6)26-28-15-17-36-37(22-28)54-27-53-36)25-34(46-58-43(3,4)5)32-23-29(13-9-11-19-48)31(14-10-12-20-49)39(40(32)44)33-24-30(16-18-35(33)57-44)56-41(50)45-8-2/h7,15-18,22-24,29,31,38-40,48-49H,1,8-14,19-21,25-27H2,2-6H3,(H,45,50)/t29-,31+,38-,39+,40+,44+/m0/s1. The molecule has 58 heavy (non-hydrogen) atoms. The maximum atomic E-state index is 14.2. The Kier molecular flexibility index (Phi) is 13.9. The smallest absolute Gasteiger partial charge is 0.412 e. The number of hydrogen-bond acceptors (Lipinski definition) is 12. The van der Waals surface area contributed by atoms with Crippen LogP contribution in [0.3, 0.4) is 0 Å². The zero-order valence-electron chi connectivity index (χ0n) is 34.4. The predicted octanol–water partition coefficient (Wildman–Crippen LogP) is 7.22. The van der Waals surface area contributed by atoms with Crippen LogP contribution in [0.4, 0.5) is 9.59 Å². The summed E-state index contributed by atoms with van der Waals surface area (Å²) in [4.78, 5) is 34.8. The van der Waals surface area contributed by atoms with Gasteiger partial charge in [-0.1, -0.05) is 36.2 Å². The molecule has 2 aliphatic carbocycles. The number of methoxy groups -OCH3 is 1. The number of carbonyl (C=O) groups is 2. The van der Waals surface area contributed by atoms with Gasteiger partial charge in [0.25, 0.3) is 0 Å². The molecule has 4 aliphatic rings. The SMILES string of the molecule is C=CCO[C@@]12Oc3ccc(OC(=O)NCC)cc3[C@H]3[C@H](CCCCO)[C@@H](CCCCO)C=C(C(=NOC(C)(C)C)C[C@@H]1N(Cc1ccc4c(c1)OCO4)C(=O)OC)[C@H]32. The molecule has 2 aromatic carbocycles. The fourth-order valence-electron chi connectivity index (χ4n) is 8.85. The lowest BCUT2D eigenvalue weighted by molar-refractivity contribution is -0.256. The number of oxime groups is 1. The van der Waals surface area contributed by atoms with Gasteiger partial charge in [0.2, 0.25) is 12.6 Å². The average Bonchev–Trinajstić information content (AvgIpc) is 3.67. The van der Waals surface area contributed by atoms with Crippen molar-refractivity contribution in [3.05, 3.63) is 71.8 Å². The Morgan fingerprint density at radius 2 is 1.78 bits per heavy atom. The summed E-state index contributed by atoms with van der Waals surface area (Å²) in [6.45, 7) is 12.5. The van der Waals surface area contributed by atoms with Gasteiger partial charge in [-0.3, -0.25) is 4.90 Å². The van der Waals surface area contributed by atoms with Gasteiger partial charge >= 0.3 is 12.2 Å². The lowest BCUT2D eigenvalue weighted by Crippen LogP contribution is -2.70. The summed E-state index contributed by atoms with van der Waals surface area (Å²) in [6, 6.07) is 10.1. The molecule has 0 saturated heterocycles. The number of nitrogens with one attached hydrogen (secondary N) is 1. The van der Waals surface area contributed by atoms with Crippen molar-refractivity contribution in [2.45, 2.75) is 103 Å². The van der Waals surface area contributed by atoms with Crippen LogP contribution in [0.5, 0.6) is 23.0 Å². The largest absolute Gasteiger partial charge is 0.459 e. The van der Waals surface area contributed by atoms with E-state index in [1.807, 2.05) is 52.0 Å². The zero-order chi connectivity index (χ0) is 41.5. The van der Waals surface area contributed by atoms with Crippen LogP contribution in [-0.2, 0) is 20.9 Å². The minimum absolute atomic E-state index is 0.0166. The molecule has 2 aliphatic heterocycles. The van der Waals surface area contributed by atoms with Crippen molar-refractivity contribution in [1.82, 2.24) is 10.2 Å². The van der Waals surface area contributed by atoms with E-state index in [4.69, 9.17) is 38.4 Å². The quantitative estimate of drug-likeness (QED) is 0.0839. The maximum Gasteiger partial charge on any atom is 0.412 e. The summed E-state index contributed by atoms with van der Waals surface area (Å²) in [6.07, 6.45) is 7.32. The van der Waals surface area contributed by atoms with Crippen molar-refractivity contribution in [3.8, 4) is 23.0 Å². The number of allylic oxidation sites excluding steroid dienone is 1. The lowest BCUT2D eigenvalue weighted by Gasteiger charge is -2.59. The normalized spacial score (nSPS) is 24.8. The van der Waals surface area contributed by atoms with Crippen LogP contribution < -0.4 is 24.3 Å². The van der Waals surface area contributed by atoms with E-state index in [0.717, 1.165) is 42.4 Å². The molecule has 0 radical (unpaired) electrons. The van der Waals surface area contributed by atoms with Crippen LogP contribution in [0, 0.1) is 17.8 Å². The topological polar surface area (TPSA) is 167 Å². The van der Waals surface area contributed by atoms with E-state index in [9.17, 15) is 19.8 Å². The highest BCUT2D eigenvalue weighted by atomic mass is 16.7. The van der Waals surface area contributed by atoms with E-state index in [1.54, 1.807) is 23.1 Å². The highest BCUT2D eigenvalue weighted by Gasteiger charge is 2.65. The molecule has 6 atom stereocenters. The van der Waals surface area contributed by atoms with E-state index in [0.29, 0.717) is 48.1 Å². The molecule has 0 bridgehead atoms. The molecular formula is C44H59N3O11. The minimum atomic E-state index is -1.50. The monoisotopic (exact) mass is 805 g/mol. The molecule has 0 aromatic heterocycles. The van der Waals surface area contributed by atoms with Crippen LogP contribution in [0.15, 0.2) is 65.9 Å². The number of benzene rings is 2. The number of nitrogens with zero attached hydrogens (tertiary/aromatic N) is 2. The number of amides is 2. The fourth-order valence-corrected chi connectivity index (χ4v) is 8.85. The second-order valence-electron chi connectivity index (χ2n) is 16.2. The van der Waals surface area contributed by atoms with Crippen LogP contribution in [0.25, 0.3) is 0 Å². The summed E-state index contributed by atoms with van der Waals surface area (Å²) in [5, 5.41) is 27.3. The Morgan fingerprint density at radius 1 is 1.03 bits per heavy atom. The Morgan fingerprint density at radius 3 is 2.48 bits per heavy atom. The summed E-state index contributed by atoms with van der Waals surface area (Å²) in [5.41, 5.74) is 2.50. The van der Waals surface area contributed by atoms with Crippen LogP contribution >= 0.6 is 0 Å². The Bertz CT molecular complexity index is 1840. The molecule has 0 spiro atoms. The first-order valence-corrected chi connectivity index (χ1v) is 20.4. The average molecular weight is 806 g/mol. The second kappa shape index (κ2) is 18.9. The molecule has 0 unspecified atom stereocenters. The maximum absolute atomic E-state index is 14.2. The highest BCUT2D eigenvalue weighted by molar-refractivity contribution is 6.03. The van der Waals surface area contributed by atoms with Gasteiger partial charge in [-0.15, -0.1) is 6.58 Å². The molecule has 6 rings (SSSR count). The number of aliphatic hydroxyl groups excluding tert-OH is 2. The zero-order valence-corrected chi connectivity index (χ0v) is 34.4. The summed E-state index contributed by atoms with van der Waals surface area (Å²) in [5.74, 6) is -0.282. The number of hydrogen-bond donors (Lipinski definition) is 3. The Hall–Kier alpha value is -4.79. The highest BCUT2D eigenvalue weighted by Crippen LogP contribution is 2.62. The number of unbranched alkanes of at least 4 members (excludes halogenated alkanes) is 2. The van der Waals surface area contributed by atoms with Gasteiger partial charge in [0.1, 0.15) is 23.1 Å². The minimum Gasteiger partial charge on any atom is -0.459 e. The van der Waals surface area contributed by atoms with E-state index >= 15 is 0 Å². The van der Waals surface area contributed by atoms with Gasteiger partial charge in [-0.2, -0.15) is 0 Å². The number of aliphatic hydroxyl groups is 2. The van der Waals surface area contributed by atoms with Crippen molar-refractivity contribution in [2.75, 3.05) is 40.3 Å². The van der Waals surface area contributed by atoms with Crippen LogP contribution in [0.1, 0.15) is 89.7 Å². The van der Waals surface area contributed by atoms with Crippen molar-refractivity contribution in [1.29, 1.82) is 0 Å². The molecule has 2 aromatic rings. The lowest BCUT2D eigenvalue weighted by atomic mass is 9.55. The first-order chi connectivity index (χ1) is 28.0. The van der Waals surface area contributed by atoms with E-state index in [1.165, 1.54) is 7.11 Å². The molecule has 2 heterocycles. The third kappa shape index (κ3) is 9.24. The summed E-state index contributed by atoms with van der Waals surface area (Å²) in [7, 11) is 1.35. The number of ether oxygens (including phenoxy) is 6. The number of carbonyl (C=O) groups excluding carboxylic acids is 2. The van der Waals surface area contributed by atoms with Crippen molar-refractivity contribution in [3.63, 3.8) is 0 Å². The molecule has 14 heteroatoms. The van der Waals surface area contributed by atoms with Crippen LogP contribution in [-0.4, -0.2) is 90.7 Å². The second-order valence-corrected chi connectivity index (χ2v) is 16.2. The Labute approximate surface area is 341 Å². The number of fused-ring (bicyclic) bond motifs is 3. The molecule has 2 amide bonds. The van der Waals surface area contributed by atoms with Gasteiger partial charge in [-0.05, 0) is 107 Å². The van der Waals surface area contributed by atoms with Gasteiger partial charge < -0.3 is 48.8 Å². The molecule has 1 fully saturated rings.